The molecule has 1 amide bonds. The highest BCUT2D eigenvalue weighted by molar-refractivity contribution is 9.10. The van der Waals surface area contributed by atoms with E-state index in [0.717, 1.165) is 10.0 Å². The lowest BCUT2D eigenvalue weighted by Gasteiger charge is -2.15. The molecule has 2 aromatic carbocycles. The summed E-state index contributed by atoms with van der Waals surface area (Å²) < 4.78 is 27.7. The first-order valence-electron chi connectivity index (χ1n) is 7.04. The predicted octanol–water partition coefficient (Wildman–Crippen LogP) is 3.72. The predicted molar refractivity (Wildman–Crippen MR) is 98.7 cm³/mol. The first-order chi connectivity index (χ1) is 11.2. The molecule has 8 heteroatoms. The Labute approximate surface area is 154 Å². The Morgan fingerprint density at radius 3 is 2.38 bits per heavy atom. The highest BCUT2D eigenvalue weighted by atomic mass is 79.9. The van der Waals surface area contributed by atoms with E-state index >= 15 is 0 Å². The maximum absolute atomic E-state index is 12.3. The van der Waals surface area contributed by atoms with Crippen LogP contribution in [0.5, 0.6) is 0 Å². The van der Waals surface area contributed by atoms with Crippen LogP contribution in [0.15, 0.2) is 51.8 Å². The molecule has 2 rings (SSSR count). The third-order valence-corrected chi connectivity index (χ3v) is 5.62. The van der Waals surface area contributed by atoms with E-state index in [0.29, 0.717) is 10.7 Å². The van der Waals surface area contributed by atoms with Gasteiger partial charge in [0.1, 0.15) is 0 Å². The van der Waals surface area contributed by atoms with Crippen molar-refractivity contribution in [2.24, 2.45) is 0 Å². The number of hydrogen-bond donors (Lipinski definition) is 2. The smallest absolute Gasteiger partial charge is 0.242 e. The van der Waals surface area contributed by atoms with Gasteiger partial charge in [0.05, 0.1) is 10.9 Å². The van der Waals surface area contributed by atoms with Gasteiger partial charge >= 0.3 is 0 Å². The molecule has 0 aliphatic carbocycles. The first-order valence-corrected chi connectivity index (χ1v) is 9.69. The van der Waals surface area contributed by atoms with Gasteiger partial charge in [-0.25, -0.2) is 8.42 Å². The minimum absolute atomic E-state index is 0.0908. The summed E-state index contributed by atoms with van der Waals surface area (Å²) in [7, 11) is -3.78. The van der Waals surface area contributed by atoms with E-state index in [1.165, 1.54) is 19.1 Å². The number of anilines is 1. The van der Waals surface area contributed by atoms with Crippen molar-refractivity contribution in [1.29, 1.82) is 0 Å². The number of benzene rings is 2. The van der Waals surface area contributed by atoms with Crippen molar-refractivity contribution in [3.8, 4) is 0 Å². The minimum atomic E-state index is -3.78. The lowest BCUT2D eigenvalue weighted by molar-refractivity contribution is -0.117. The van der Waals surface area contributed by atoms with Crippen molar-refractivity contribution in [2.45, 2.75) is 24.8 Å². The maximum Gasteiger partial charge on any atom is 0.242 e. The summed E-state index contributed by atoms with van der Waals surface area (Å²) in [6, 6.07) is 10.3. The standard InChI is InChI=1S/C16H16BrClN2O3S/c1-10-9-13(18)5-8-15(10)19-16(21)11(2)20-24(22,23)14-6-3-12(17)4-7-14/h3-9,11,20H,1-2H3,(H,19,21)/t11-/m0/s1. The lowest BCUT2D eigenvalue weighted by Crippen LogP contribution is -2.41. The van der Waals surface area contributed by atoms with Gasteiger partial charge in [0.2, 0.25) is 15.9 Å². The number of carbonyl (C=O) groups is 1. The molecule has 0 heterocycles. The number of nitrogens with one attached hydrogen (secondary N) is 2. The van der Waals surface area contributed by atoms with Crippen LogP contribution < -0.4 is 10.0 Å². The quantitative estimate of drug-likeness (QED) is 0.757. The molecular formula is C16H16BrClN2O3S. The second kappa shape index (κ2) is 7.65. The fourth-order valence-corrected chi connectivity index (χ4v) is 3.67. The number of amides is 1. The Morgan fingerprint density at radius 2 is 1.79 bits per heavy atom. The van der Waals surface area contributed by atoms with Gasteiger partial charge in [-0.05, 0) is 61.9 Å². The molecule has 0 unspecified atom stereocenters. The van der Waals surface area contributed by atoms with Crippen LogP contribution in [0.4, 0.5) is 5.69 Å². The number of rotatable bonds is 5. The van der Waals surface area contributed by atoms with E-state index in [4.69, 9.17) is 11.6 Å². The van der Waals surface area contributed by atoms with Gasteiger partial charge in [-0.2, -0.15) is 4.72 Å². The van der Waals surface area contributed by atoms with Crippen molar-refractivity contribution in [3.63, 3.8) is 0 Å². The number of halogens is 2. The molecule has 0 bridgehead atoms. The molecule has 2 N–H and O–H groups in total. The Balaban J connectivity index is 2.09. The summed E-state index contributed by atoms with van der Waals surface area (Å²) in [5, 5.41) is 3.25. The molecule has 0 saturated heterocycles. The number of hydrogen-bond acceptors (Lipinski definition) is 3. The van der Waals surface area contributed by atoms with Crippen molar-refractivity contribution < 1.29 is 13.2 Å². The number of sulfonamides is 1. The molecule has 1 atom stereocenters. The van der Waals surface area contributed by atoms with Gasteiger partial charge in [-0.3, -0.25) is 4.79 Å². The Hall–Kier alpha value is -1.41. The Bertz CT molecular complexity index is 854. The Morgan fingerprint density at radius 1 is 1.17 bits per heavy atom. The highest BCUT2D eigenvalue weighted by Crippen LogP contribution is 2.20. The van der Waals surface area contributed by atoms with Crippen molar-refractivity contribution in [1.82, 2.24) is 4.72 Å². The zero-order valence-corrected chi connectivity index (χ0v) is 16.2. The van der Waals surface area contributed by atoms with Crippen molar-refractivity contribution >= 4 is 49.1 Å². The summed E-state index contributed by atoms with van der Waals surface area (Å²) in [5.41, 5.74) is 1.37. The van der Waals surface area contributed by atoms with E-state index in [-0.39, 0.29) is 4.90 Å². The van der Waals surface area contributed by atoms with Crippen LogP contribution in [0.2, 0.25) is 5.02 Å². The third-order valence-electron chi connectivity index (χ3n) is 3.30. The maximum atomic E-state index is 12.3. The fraction of sp³-hybridized carbons (Fsp3) is 0.188. The van der Waals surface area contributed by atoms with Gasteiger partial charge in [0.25, 0.3) is 0 Å². The molecule has 0 radical (unpaired) electrons. The molecule has 0 aromatic heterocycles. The number of aryl methyl sites for hydroxylation is 1. The Kier molecular flexibility index (Phi) is 6.03. The third kappa shape index (κ3) is 4.80. The fourth-order valence-electron chi connectivity index (χ4n) is 1.98. The van der Waals surface area contributed by atoms with Gasteiger partial charge in [-0.15, -0.1) is 0 Å². The number of carbonyl (C=O) groups excluding carboxylic acids is 1. The van der Waals surface area contributed by atoms with Crippen LogP contribution in [-0.2, 0) is 14.8 Å². The summed E-state index contributed by atoms with van der Waals surface area (Å²) in [6.45, 7) is 3.29. The molecule has 5 nitrogen and oxygen atoms in total. The lowest BCUT2D eigenvalue weighted by atomic mass is 10.2. The minimum Gasteiger partial charge on any atom is -0.324 e. The zero-order valence-electron chi connectivity index (χ0n) is 13.0. The van der Waals surface area contributed by atoms with Crippen LogP contribution in [-0.4, -0.2) is 20.4 Å². The molecule has 0 fully saturated rings. The first kappa shape index (κ1) is 18.9. The van der Waals surface area contributed by atoms with Crippen LogP contribution in [0, 0.1) is 6.92 Å². The van der Waals surface area contributed by atoms with Gasteiger partial charge in [-0.1, -0.05) is 27.5 Å². The highest BCUT2D eigenvalue weighted by Gasteiger charge is 2.22. The van der Waals surface area contributed by atoms with Gasteiger partial charge in [0, 0.05) is 15.2 Å². The van der Waals surface area contributed by atoms with Gasteiger partial charge in [0.15, 0.2) is 0 Å². The van der Waals surface area contributed by atoms with Crippen molar-refractivity contribution in [3.05, 3.63) is 57.5 Å². The van der Waals surface area contributed by atoms with E-state index < -0.39 is 22.0 Å². The summed E-state index contributed by atoms with van der Waals surface area (Å²) in [4.78, 5) is 12.3. The monoisotopic (exact) mass is 430 g/mol. The summed E-state index contributed by atoms with van der Waals surface area (Å²) in [6.07, 6.45) is 0. The average Bonchev–Trinajstić information content (AvgIpc) is 2.50. The largest absolute Gasteiger partial charge is 0.324 e. The van der Waals surface area contributed by atoms with E-state index in [9.17, 15) is 13.2 Å². The summed E-state index contributed by atoms with van der Waals surface area (Å²) in [5.74, 6) is -0.457. The van der Waals surface area contributed by atoms with Crippen LogP contribution in [0.3, 0.4) is 0 Å². The van der Waals surface area contributed by atoms with Crippen LogP contribution >= 0.6 is 27.5 Å². The van der Waals surface area contributed by atoms with E-state index in [2.05, 4.69) is 26.0 Å². The zero-order chi connectivity index (χ0) is 17.9. The molecule has 128 valence electrons. The molecule has 0 aliphatic rings. The van der Waals surface area contributed by atoms with Gasteiger partial charge < -0.3 is 5.32 Å². The van der Waals surface area contributed by atoms with Crippen molar-refractivity contribution in [2.75, 3.05) is 5.32 Å². The molecule has 0 saturated carbocycles. The summed E-state index contributed by atoms with van der Waals surface area (Å²) >= 11 is 9.12. The molecule has 2 aromatic rings. The van der Waals surface area contributed by atoms with Crippen LogP contribution in [0.25, 0.3) is 0 Å². The van der Waals surface area contributed by atoms with Crippen LogP contribution in [0.1, 0.15) is 12.5 Å². The molecular weight excluding hydrogens is 416 g/mol. The topological polar surface area (TPSA) is 75.3 Å². The molecule has 0 aliphatic heterocycles. The normalized spacial score (nSPS) is 12.7. The van der Waals surface area contributed by atoms with E-state index in [1.54, 1.807) is 37.3 Å². The molecule has 0 spiro atoms. The molecule has 24 heavy (non-hydrogen) atoms. The SMILES string of the molecule is Cc1cc(Cl)ccc1NC(=O)[C@H](C)NS(=O)(=O)c1ccc(Br)cc1. The van der Waals surface area contributed by atoms with E-state index in [1.807, 2.05) is 0 Å². The average molecular weight is 432 g/mol. The second-order valence-electron chi connectivity index (χ2n) is 5.25. The second-order valence-corrected chi connectivity index (χ2v) is 8.31.